The van der Waals surface area contributed by atoms with Gasteiger partial charge in [0.15, 0.2) is 6.10 Å². The van der Waals surface area contributed by atoms with Crippen molar-refractivity contribution in [2.45, 2.75) is 23.8 Å². The van der Waals surface area contributed by atoms with Crippen LogP contribution in [0.1, 0.15) is 11.1 Å². The molecule has 6 nitrogen and oxygen atoms in total. The molecule has 1 unspecified atom stereocenters. The molecule has 0 amide bonds. The molecule has 1 N–H and O–H groups in total. The van der Waals surface area contributed by atoms with Gasteiger partial charge in [-0.3, -0.25) is 0 Å². The Labute approximate surface area is 139 Å². The average molecular weight is 347 g/mol. The summed E-state index contributed by atoms with van der Waals surface area (Å²) in [7, 11) is -3.77. The Morgan fingerprint density at radius 2 is 1.92 bits per heavy atom. The van der Waals surface area contributed by atoms with E-state index in [1.807, 2.05) is 24.3 Å². The molecular weight excluding hydrogens is 330 g/mol. The zero-order chi connectivity index (χ0) is 16.9. The van der Waals surface area contributed by atoms with Gasteiger partial charge in [-0.2, -0.15) is 4.31 Å². The van der Waals surface area contributed by atoms with Crippen LogP contribution in [0.4, 0.5) is 0 Å². The second-order valence-corrected chi connectivity index (χ2v) is 8.03. The van der Waals surface area contributed by atoms with Gasteiger partial charge in [-0.05, 0) is 35.4 Å². The lowest BCUT2D eigenvalue weighted by molar-refractivity contribution is -0.153. The summed E-state index contributed by atoms with van der Waals surface area (Å²) in [5.74, 6) is -1.14. The summed E-state index contributed by atoms with van der Waals surface area (Å²) >= 11 is 0. The molecule has 1 saturated heterocycles. The highest BCUT2D eigenvalue weighted by Crippen LogP contribution is 2.35. The molecule has 0 radical (unpaired) electrons. The molecule has 1 aliphatic heterocycles. The maximum Gasteiger partial charge on any atom is 0.334 e. The average Bonchev–Trinajstić information content (AvgIpc) is 3.00. The van der Waals surface area contributed by atoms with Crippen LogP contribution >= 0.6 is 0 Å². The number of aryl methyl sites for hydroxylation is 2. The predicted molar refractivity (Wildman–Crippen MR) is 87.5 cm³/mol. The minimum atomic E-state index is -3.77. The van der Waals surface area contributed by atoms with Gasteiger partial charge in [0.05, 0.1) is 18.0 Å². The molecular formula is C17H17NO5S. The fourth-order valence-electron chi connectivity index (χ4n) is 3.58. The van der Waals surface area contributed by atoms with Crippen molar-refractivity contribution in [2.24, 2.45) is 0 Å². The Morgan fingerprint density at radius 3 is 2.67 bits per heavy atom. The molecule has 1 atom stereocenters. The minimum Gasteiger partial charge on any atom is -0.479 e. The molecule has 2 aromatic carbocycles. The van der Waals surface area contributed by atoms with Gasteiger partial charge in [0.1, 0.15) is 0 Å². The third-order valence-electron chi connectivity index (χ3n) is 4.76. The summed E-state index contributed by atoms with van der Waals surface area (Å²) in [6.45, 7) is 0.0765. The molecule has 24 heavy (non-hydrogen) atoms. The van der Waals surface area contributed by atoms with E-state index in [0.29, 0.717) is 0 Å². The topological polar surface area (TPSA) is 83.9 Å². The van der Waals surface area contributed by atoms with E-state index in [-0.39, 0.29) is 24.6 Å². The van der Waals surface area contributed by atoms with Crippen molar-refractivity contribution in [3.8, 4) is 0 Å². The summed E-state index contributed by atoms with van der Waals surface area (Å²) in [5.41, 5.74) is 2.34. The summed E-state index contributed by atoms with van der Waals surface area (Å²) < 4.78 is 32.5. The smallest absolute Gasteiger partial charge is 0.334 e. The normalized spacial score (nSPS) is 21.2. The lowest BCUT2D eigenvalue weighted by atomic mass is 10.1. The minimum absolute atomic E-state index is 0.0808. The number of benzene rings is 2. The molecule has 0 saturated carbocycles. The van der Waals surface area contributed by atoms with Crippen LogP contribution in [0.3, 0.4) is 0 Å². The summed E-state index contributed by atoms with van der Waals surface area (Å²) in [4.78, 5) is 11.4. The lowest BCUT2D eigenvalue weighted by Gasteiger charge is -2.30. The third kappa shape index (κ3) is 2.31. The number of sulfonamides is 1. The van der Waals surface area contributed by atoms with Crippen LogP contribution in [0.2, 0.25) is 0 Å². The fraction of sp³-hybridized carbons (Fsp3) is 0.353. The molecule has 1 aliphatic carbocycles. The van der Waals surface area contributed by atoms with Gasteiger partial charge >= 0.3 is 5.97 Å². The van der Waals surface area contributed by atoms with Gasteiger partial charge in [0.25, 0.3) is 0 Å². The van der Waals surface area contributed by atoms with Gasteiger partial charge in [-0.25, -0.2) is 13.2 Å². The lowest BCUT2D eigenvalue weighted by Crippen LogP contribution is -2.48. The first-order valence-electron chi connectivity index (χ1n) is 7.86. The molecule has 126 valence electrons. The van der Waals surface area contributed by atoms with Gasteiger partial charge in [0.2, 0.25) is 10.0 Å². The Bertz CT molecular complexity index is 927. The highest BCUT2D eigenvalue weighted by Gasteiger charge is 2.35. The molecule has 0 spiro atoms. The number of carboxylic acids is 1. The number of nitrogens with zero attached hydrogens (tertiary/aromatic N) is 1. The van der Waals surface area contributed by atoms with E-state index in [2.05, 4.69) is 0 Å². The molecule has 0 bridgehead atoms. The Hall–Kier alpha value is -1.96. The van der Waals surface area contributed by atoms with Gasteiger partial charge in [-0.1, -0.05) is 24.3 Å². The van der Waals surface area contributed by atoms with Crippen LogP contribution in [0.25, 0.3) is 10.8 Å². The highest BCUT2D eigenvalue weighted by molar-refractivity contribution is 7.89. The number of aliphatic carboxylic acids is 1. The number of carboxylic acid groups (broad SMARTS) is 1. The Morgan fingerprint density at radius 1 is 1.17 bits per heavy atom. The van der Waals surface area contributed by atoms with Crippen LogP contribution in [0.5, 0.6) is 0 Å². The van der Waals surface area contributed by atoms with Gasteiger partial charge in [0, 0.05) is 11.9 Å². The number of morpholine rings is 1. The predicted octanol–water partition coefficient (Wildman–Crippen LogP) is 1.41. The van der Waals surface area contributed by atoms with Gasteiger partial charge < -0.3 is 9.84 Å². The summed E-state index contributed by atoms with van der Waals surface area (Å²) in [5, 5.41) is 10.9. The summed E-state index contributed by atoms with van der Waals surface area (Å²) in [6.07, 6.45) is 0.731. The van der Waals surface area contributed by atoms with E-state index >= 15 is 0 Å². The first-order valence-corrected chi connectivity index (χ1v) is 9.30. The van der Waals surface area contributed by atoms with E-state index in [4.69, 9.17) is 9.84 Å². The largest absolute Gasteiger partial charge is 0.479 e. The number of hydrogen-bond acceptors (Lipinski definition) is 4. The van der Waals surface area contributed by atoms with Crippen LogP contribution in [-0.4, -0.2) is 49.6 Å². The number of carbonyl (C=O) groups is 1. The van der Waals surface area contributed by atoms with Crippen molar-refractivity contribution in [1.29, 1.82) is 0 Å². The Kier molecular flexibility index (Phi) is 3.59. The second kappa shape index (κ2) is 5.54. The SMILES string of the molecule is O=C(O)C1CN(S(=O)(=O)c2ccc3c4c(cccc24)CC3)CCO1. The van der Waals surface area contributed by atoms with E-state index in [1.54, 1.807) is 6.07 Å². The molecule has 1 fully saturated rings. The maximum absolute atomic E-state index is 13.1. The van der Waals surface area contributed by atoms with Crippen LogP contribution in [0, 0.1) is 0 Å². The van der Waals surface area contributed by atoms with Crippen molar-refractivity contribution in [2.75, 3.05) is 19.7 Å². The monoisotopic (exact) mass is 347 g/mol. The van der Waals surface area contributed by atoms with Crippen LogP contribution in [0.15, 0.2) is 35.2 Å². The van der Waals surface area contributed by atoms with E-state index in [0.717, 1.165) is 23.6 Å². The second-order valence-electron chi connectivity index (χ2n) is 6.12. The van der Waals surface area contributed by atoms with E-state index in [1.165, 1.54) is 15.4 Å². The molecule has 2 aliphatic rings. The van der Waals surface area contributed by atoms with E-state index < -0.39 is 22.1 Å². The van der Waals surface area contributed by atoms with E-state index in [9.17, 15) is 13.2 Å². The Balaban J connectivity index is 1.81. The van der Waals surface area contributed by atoms with Crippen molar-refractivity contribution in [3.63, 3.8) is 0 Å². The summed E-state index contributed by atoms with van der Waals surface area (Å²) in [6, 6.07) is 9.26. The maximum atomic E-state index is 13.1. The first-order chi connectivity index (χ1) is 11.5. The number of hydrogen-bond donors (Lipinski definition) is 1. The molecule has 2 aromatic rings. The first kappa shape index (κ1) is 15.6. The fourth-order valence-corrected chi connectivity index (χ4v) is 5.19. The number of rotatable bonds is 3. The quantitative estimate of drug-likeness (QED) is 0.908. The molecule has 7 heteroatoms. The van der Waals surface area contributed by atoms with Crippen molar-refractivity contribution in [1.82, 2.24) is 4.31 Å². The zero-order valence-corrected chi connectivity index (χ0v) is 13.8. The zero-order valence-electron chi connectivity index (χ0n) is 12.9. The standard InChI is InChI=1S/C17H17NO5S/c19-17(20)14-10-18(8-9-23-14)24(21,22)15-7-6-12-5-4-11-2-1-3-13(15)16(11)12/h1-3,6-7,14H,4-5,8-10H2,(H,19,20). The van der Waals surface area contributed by atoms with Gasteiger partial charge in [-0.15, -0.1) is 0 Å². The molecule has 4 rings (SSSR count). The van der Waals surface area contributed by atoms with Crippen molar-refractivity contribution < 1.29 is 23.1 Å². The highest BCUT2D eigenvalue weighted by atomic mass is 32.2. The molecule has 0 aromatic heterocycles. The number of ether oxygens (including phenoxy) is 1. The van der Waals surface area contributed by atoms with Crippen LogP contribution < -0.4 is 0 Å². The van der Waals surface area contributed by atoms with Crippen LogP contribution in [-0.2, 0) is 32.4 Å². The molecule has 1 heterocycles. The van der Waals surface area contributed by atoms with Crippen molar-refractivity contribution in [3.05, 3.63) is 41.5 Å². The third-order valence-corrected chi connectivity index (χ3v) is 6.68. The van der Waals surface area contributed by atoms with Crippen molar-refractivity contribution >= 4 is 26.8 Å².